The lowest BCUT2D eigenvalue weighted by Crippen LogP contribution is -2.26. The van der Waals surface area contributed by atoms with Crippen molar-refractivity contribution in [2.75, 3.05) is 14.2 Å². The van der Waals surface area contributed by atoms with Crippen LogP contribution in [-0.4, -0.2) is 25.8 Å². The molecular formula is C14H16O4. The van der Waals surface area contributed by atoms with Crippen molar-refractivity contribution in [3.8, 4) is 5.75 Å². The maximum atomic E-state index is 12.0. The third-order valence-corrected chi connectivity index (χ3v) is 3.93. The van der Waals surface area contributed by atoms with Crippen molar-refractivity contribution in [1.29, 1.82) is 0 Å². The van der Waals surface area contributed by atoms with Crippen LogP contribution in [0.1, 0.15) is 36.5 Å². The van der Waals surface area contributed by atoms with E-state index in [4.69, 9.17) is 14.2 Å². The highest BCUT2D eigenvalue weighted by Crippen LogP contribution is 2.61. The van der Waals surface area contributed by atoms with Crippen molar-refractivity contribution in [1.82, 2.24) is 0 Å². The van der Waals surface area contributed by atoms with E-state index in [9.17, 15) is 4.79 Å². The summed E-state index contributed by atoms with van der Waals surface area (Å²) in [4.78, 5) is 12.0. The van der Waals surface area contributed by atoms with E-state index in [2.05, 4.69) is 0 Å². The molecule has 1 aromatic rings. The van der Waals surface area contributed by atoms with Gasteiger partial charge in [-0.3, -0.25) is 4.79 Å². The largest absolute Gasteiger partial charge is 0.496 e. The van der Waals surface area contributed by atoms with Gasteiger partial charge in [0.15, 0.2) is 0 Å². The van der Waals surface area contributed by atoms with E-state index < -0.39 is 0 Å². The van der Waals surface area contributed by atoms with Crippen LogP contribution in [0, 0.1) is 0 Å². The van der Waals surface area contributed by atoms with Crippen LogP contribution in [0.5, 0.6) is 5.75 Å². The van der Waals surface area contributed by atoms with E-state index in [1.165, 1.54) is 7.11 Å². The van der Waals surface area contributed by atoms with Crippen molar-refractivity contribution >= 4 is 5.97 Å². The van der Waals surface area contributed by atoms with Gasteiger partial charge < -0.3 is 14.2 Å². The summed E-state index contributed by atoms with van der Waals surface area (Å²) < 4.78 is 16.0. The first-order valence-corrected chi connectivity index (χ1v) is 6.03. The first-order valence-electron chi connectivity index (χ1n) is 6.03. The Morgan fingerprint density at radius 2 is 2.22 bits per heavy atom. The lowest BCUT2D eigenvalue weighted by atomic mass is 9.77. The minimum atomic E-state index is -0.301. The summed E-state index contributed by atoms with van der Waals surface area (Å²) in [6, 6.07) is 5.81. The second-order valence-corrected chi connectivity index (χ2v) is 5.05. The summed E-state index contributed by atoms with van der Waals surface area (Å²) in [5.74, 6) is 0.210. The van der Waals surface area contributed by atoms with Crippen molar-refractivity contribution < 1.29 is 19.0 Å². The predicted octanol–water partition coefficient (Wildman–Crippen LogP) is 2.19. The monoisotopic (exact) mass is 248 g/mol. The standard InChI is InChI=1S/C14H16O4/c1-14-7-9(13(15)17-3)11-8(12(14)18-14)5-4-6-10(11)16-2/h4-6,9,12H,7H2,1-3H3/t9-,12-,14+/m0/s1. The lowest BCUT2D eigenvalue weighted by Gasteiger charge is -2.26. The molecule has 1 aliphatic heterocycles. The van der Waals surface area contributed by atoms with Crippen LogP contribution in [0.4, 0.5) is 0 Å². The van der Waals surface area contributed by atoms with Crippen molar-refractivity contribution in [3.05, 3.63) is 29.3 Å². The van der Waals surface area contributed by atoms with E-state index in [0.29, 0.717) is 6.42 Å². The Kier molecular flexibility index (Phi) is 2.38. The summed E-state index contributed by atoms with van der Waals surface area (Å²) in [6.07, 6.45) is 0.737. The van der Waals surface area contributed by atoms with Crippen LogP contribution in [0.2, 0.25) is 0 Å². The van der Waals surface area contributed by atoms with E-state index in [0.717, 1.165) is 16.9 Å². The zero-order chi connectivity index (χ0) is 12.9. The molecule has 0 spiro atoms. The summed E-state index contributed by atoms with van der Waals surface area (Å²) in [5.41, 5.74) is 1.75. The first-order chi connectivity index (χ1) is 8.60. The molecule has 1 aromatic carbocycles. The molecular weight excluding hydrogens is 232 g/mol. The van der Waals surface area contributed by atoms with E-state index in [-0.39, 0.29) is 23.6 Å². The fourth-order valence-electron chi connectivity index (χ4n) is 2.97. The zero-order valence-electron chi connectivity index (χ0n) is 10.7. The van der Waals surface area contributed by atoms with Gasteiger partial charge in [-0.1, -0.05) is 12.1 Å². The molecule has 18 heavy (non-hydrogen) atoms. The van der Waals surface area contributed by atoms with Crippen LogP contribution >= 0.6 is 0 Å². The summed E-state index contributed by atoms with van der Waals surface area (Å²) in [6.45, 7) is 2.04. The third-order valence-electron chi connectivity index (χ3n) is 3.93. The van der Waals surface area contributed by atoms with Gasteiger partial charge in [-0.25, -0.2) is 0 Å². The quantitative estimate of drug-likeness (QED) is 0.594. The molecule has 0 saturated carbocycles. The van der Waals surface area contributed by atoms with E-state index >= 15 is 0 Å². The average molecular weight is 248 g/mol. The Bertz CT molecular complexity index is 511. The van der Waals surface area contributed by atoms with Crippen molar-refractivity contribution in [2.45, 2.75) is 31.0 Å². The van der Waals surface area contributed by atoms with Gasteiger partial charge in [0.2, 0.25) is 0 Å². The smallest absolute Gasteiger partial charge is 0.313 e. The van der Waals surface area contributed by atoms with Crippen molar-refractivity contribution in [3.63, 3.8) is 0 Å². The van der Waals surface area contributed by atoms with Gasteiger partial charge in [0.25, 0.3) is 0 Å². The Balaban J connectivity index is 2.13. The normalized spacial score (nSPS) is 32.2. The number of rotatable bonds is 2. The van der Waals surface area contributed by atoms with Crippen LogP contribution in [0.25, 0.3) is 0 Å². The first kappa shape index (κ1) is 11.5. The molecule has 0 aromatic heterocycles. The molecule has 1 heterocycles. The molecule has 3 rings (SSSR count). The number of ether oxygens (including phenoxy) is 3. The molecule has 3 atom stereocenters. The molecule has 96 valence electrons. The Morgan fingerprint density at radius 1 is 1.44 bits per heavy atom. The highest BCUT2D eigenvalue weighted by molar-refractivity contribution is 5.81. The molecule has 4 heteroatoms. The maximum absolute atomic E-state index is 12.0. The van der Waals surface area contributed by atoms with Gasteiger partial charge in [0, 0.05) is 5.56 Å². The molecule has 0 unspecified atom stereocenters. The predicted molar refractivity (Wildman–Crippen MR) is 64.6 cm³/mol. The highest BCUT2D eigenvalue weighted by Gasteiger charge is 2.60. The number of benzene rings is 1. The molecule has 2 aliphatic rings. The zero-order valence-corrected chi connectivity index (χ0v) is 10.7. The fourth-order valence-corrected chi connectivity index (χ4v) is 2.97. The summed E-state index contributed by atoms with van der Waals surface area (Å²) >= 11 is 0. The molecule has 0 bridgehead atoms. The fraction of sp³-hybridized carbons (Fsp3) is 0.500. The minimum absolute atomic E-state index is 0.0866. The molecule has 1 fully saturated rings. The van der Waals surface area contributed by atoms with Crippen molar-refractivity contribution in [2.24, 2.45) is 0 Å². The Morgan fingerprint density at radius 3 is 2.89 bits per heavy atom. The average Bonchev–Trinajstić information content (AvgIpc) is 3.08. The van der Waals surface area contributed by atoms with Gasteiger partial charge in [-0.15, -0.1) is 0 Å². The second-order valence-electron chi connectivity index (χ2n) is 5.05. The number of fused-ring (bicyclic) bond motifs is 3. The third kappa shape index (κ3) is 1.45. The van der Waals surface area contributed by atoms with Crippen LogP contribution in [0.15, 0.2) is 18.2 Å². The molecule has 0 amide bonds. The van der Waals surface area contributed by atoms with Gasteiger partial charge in [-0.05, 0) is 25.0 Å². The molecule has 0 N–H and O–H groups in total. The van der Waals surface area contributed by atoms with Gasteiger partial charge in [0.1, 0.15) is 11.9 Å². The topological polar surface area (TPSA) is 48.1 Å². The minimum Gasteiger partial charge on any atom is -0.496 e. The Hall–Kier alpha value is -1.55. The number of carbonyl (C=O) groups excluding carboxylic acids is 1. The van der Waals surface area contributed by atoms with E-state index in [1.807, 2.05) is 25.1 Å². The number of hydrogen-bond donors (Lipinski definition) is 0. The summed E-state index contributed by atoms with van der Waals surface area (Å²) in [7, 11) is 3.03. The highest BCUT2D eigenvalue weighted by atomic mass is 16.6. The SMILES string of the molecule is COC(=O)[C@H]1C[C@@]2(C)O[C@H]2c2cccc(OC)c21. The van der Waals surface area contributed by atoms with Gasteiger partial charge >= 0.3 is 5.97 Å². The van der Waals surface area contributed by atoms with Gasteiger partial charge in [-0.2, -0.15) is 0 Å². The second kappa shape index (κ2) is 3.72. The molecule has 0 radical (unpaired) electrons. The lowest BCUT2D eigenvalue weighted by molar-refractivity contribution is -0.143. The molecule has 4 nitrogen and oxygen atoms in total. The number of hydrogen-bond acceptors (Lipinski definition) is 4. The molecule has 1 saturated heterocycles. The van der Waals surface area contributed by atoms with Crippen LogP contribution < -0.4 is 4.74 Å². The number of esters is 1. The summed E-state index contributed by atoms with van der Waals surface area (Å²) in [5, 5.41) is 0. The number of methoxy groups -OCH3 is 2. The van der Waals surface area contributed by atoms with Gasteiger partial charge in [0.05, 0.1) is 25.7 Å². The van der Waals surface area contributed by atoms with E-state index in [1.54, 1.807) is 7.11 Å². The van der Waals surface area contributed by atoms with Crippen LogP contribution in [-0.2, 0) is 14.3 Å². The van der Waals surface area contributed by atoms with Crippen LogP contribution in [0.3, 0.4) is 0 Å². The Labute approximate surface area is 106 Å². The number of carbonyl (C=O) groups is 1. The number of epoxide rings is 1. The maximum Gasteiger partial charge on any atom is 0.313 e. The molecule has 1 aliphatic carbocycles.